The lowest BCUT2D eigenvalue weighted by Gasteiger charge is -2.44. The number of hydrogen-bond donors (Lipinski definition) is 1. The minimum atomic E-state index is -0.719. The topological polar surface area (TPSA) is 38.3 Å². The summed E-state index contributed by atoms with van der Waals surface area (Å²) in [7, 11) is -0.719. The number of ether oxygens (including phenoxy) is 1. The molecule has 2 fully saturated rings. The molecule has 88 valence electrons. The molecule has 0 aromatic rings. The summed E-state index contributed by atoms with van der Waals surface area (Å²) in [6.07, 6.45) is 2.49. The fourth-order valence-corrected chi connectivity index (χ4v) is 4.77. The Morgan fingerprint density at radius 3 is 2.87 bits per heavy atom. The molecule has 4 heteroatoms. The van der Waals surface area contributed by atoms with Gasteiger partial charge in [0.2, 0.25) is 0 Å². The molecular formula is C11H21NO2S. The van der Waals surface area contributed by atoms with E-state index in [4.69, 9.17) is 4.74 Å². The summed E-state index contributed by atoms with van der Waals surface area (Å²) in [6.45, 7) is 6.31. The van der Waals surface area contributed by atoms with Gasteiger partial charge in [0, 0.05) is 28.6 Å². The number of hydrogen-bond acceptors (Lipinski definition) is 3. The lowest BCUT2D eigenvalue weighted by Crippen LogP contribution is -2.62. The average molecular weight is 231 g/mol. The van der Waals surface area contributed by atoms with Crippen LogP contribution in [0.2, 0.25) is 0 Å². The Hall–Kier alpha value is 0.0700. The number of fused-ring (bicyclic) bond motifs is 1. The Morgan fingerprint density at radius 2 is 2.20 bits per heavy atom. The van der Waals surface area contributed by atoms with E-state index in [1.54, 1.807) is 0 Å². The summed E-state index contributed by atoms with van der Waals surface area (Å²) in [5.74, 6) is 0.791. The minimum Gasteiger partial charge on any atom is -0.374 e. The van der Waals surface area contributed by atoms with Crippen molar-refractivity contribution in [3.8, 4) is 0 Å². The standard InChI is InChI=1S/C11H21NO2S/c1-4-9-6-15(13)11-8(3)14-7(2)5-10(11)12-9/h7-12H,4-6H2,1-3H3. The normalized spacial score (nSPS) is 51.1. The summed E-state index contributed by atoms with van der Waals surface area (Å²) < 4.78 is 17.9. The molecule has 2 aliphatic heterocycles. The third kappa shape index (κ3) is 2.27. The maximum absolute atomic E-state index is 12.1. The van der Waals surface area contributed by atoms with Gasteiger partial charge >= 0.3 is 0 Å². The zero-order chi connectivity index (χ0) is 11.0. The van der Waals surface area contributed by atoms with E-state index in [1.807, 2.05) is 0 Å². The van der Waals surface area contributed by atoms with Crippen LogP contribution in [-0.2, 0) is 15.5 Å². The summed E-state index contributed by atoms with van der Waals surface area (Å²) >= 11 is 0. The summed E-state index contributed by atoms with van der Waals surface area (Å²) in [4.78, 5) is 0. The second-order valence-corrected chi connectivity index (χ2v) is 6.42. The van der Waals surface area contributed by atoms with Gasteiger partial charge in [-0.2, -0.15) is 0 Å². The Morgan fingerprint density at radius 1 is 1.47 bits per heavy atom. The molecule has 0 radical (unpaired) electrons. The highest BCUT2D eigenvalue weighted by Crippen LogP contribution is 2.28. The van der Waals surface area contributed by atoms with Crippen LogP contribution in [-0.4, -0.2) is 39.5 Å². The fourth-order valence-electron chi connectivity index (χ4n) is 2.77. The highest BCUT2D eigenvalue weighted by molar-refractivity contribution is 7.85. The maximum atomic E-state index is 12.1. The van der Waals surface area contributed by atoms with Crippen molar-refractivity contribution in [2.24, 2.45) is 0 Å². The molecule has 2 rings (SSSR count). The van der Waals surface area contributed by atoms with Crippen LogP contribution in [0, 0.1) is 0 Å². The molecule has 1 N–H and O–H groups in total. The lowest BCUT2D eigenvalue weighted by molar-refractivity contribution is -0.0410. The molecule has 0 aromatic carbocycles. The fraction of sp³-hybridized carbons (Fsp3) is 1.00. The van der Waals surface area contributed by atoms with Gasteiger partial charge in [-0.1, -0.05) is 6.92 Å². The van der Waals surface area contributed by atoms with E-state index < -0.39 is 10.8 Å². The van der Waals surface area contributed by atoms with E-state index in [0.717, 1.165) is 18.6 Å². The van der Waals surface area contributed by atoms with Gasteiger partial charge in [-0.3, -0.25) is 4.21 Å². The Balaban J connectivity index is 2.11. The molecule has 0 amide bonds. The van der Waals surface area contributed by atoms with Crippen LogP contribution < -0.4 is 5.32 Å². The smallest absolute Gasteiger partial charge is 0.0761 e. The van der Waals surface area contributed by atoms with Crippen LogP contribution in [0.15, 0.2) is 0 Å². The molecule has 3 nitrogen and oxygen atoms in total. The van der Waals surface area contributed by atoms with Gasteiger partial charge in [-0.05, 0) is 26.7 Å². The van der Waals surface area contributed by atoms with Crippen molar-refractivity contribution < 1.29 is 8.95 Å². The third-order valence-electron chi connectivity index (χ3n) is 3.50. The molecule has 0 aromatic heterocycles. The molecule has 0 aliphatic carbocycles. The predicted octanol–water partition coefficient (Wildman–Crippen LogP) is 1.05. The van der Waals surface area contributed by atoms with Crippen LogP contribution in [0.5, 0.6) is 0 Å². The van der Waals surface area contributed by atoms with Crippen LogP contribution in [0.3, 0.4) is 0 Å². The average Bonchev–Trinajstić information content (AvgIpc) is 2.15. The van der Waals surface area contributed by atoms with Gasteiger partial charge < -0.3 is 10.1 Å². The van der Waals surface area contributed by atoms with Crippen molar-refractivity contribution >= 4 is 10.8 Å². The van der Waals surface area contributed by atoms with Gasteiger partial charge in [-0.15, -0.1) is 0 Å². The second kappa shape index (κ2) is 4.52. The van der Waals surface area contributed by atoms with E-state index in [1.165, 1.54) is 0 Å². The number of nitrogens with one attached hydrogen (secondary N) is 1. The van der Waals surface area contributed by atoms with E-state index >= 15 is 0 Å². The van der Waals surface area contributed by atoms with Crippen LogP contribution in [0.1, 0.15) is 33.6 Å². The van der Waals surface area contributed by atoms with Crippen molar-refractivity contribution in [2.75, 3.05) is 5.75 Å². The zero-order valence-corrected chi connectivity index (χ0v) is 10.5. The van der Waals surface area contributed by atoms with Crippen LogP contribution in [0.25, 0.3) is 0 Å². The Bertz CT molecular complexity index is 259. The predicted molar refractivity (Wildman–Crippen MR) is 62.4 cm³/mol. The molecule has 0 saturated carbocycles. The van der Waals surface area contributed by atoms with Gasteiger partial charge in [0.25, 0.3) is 0 Å². The minimum absolute atomic E-state index is 0.130. The summed E-state index contributed by atoms with van der Waals surface area (Å²) in [5, 5.41) is 3.82. The van der Waals surface area contributed by atoms with Crippen molar-refractivity contribution in [1.29, 1.82) is 0 Å². The second-order valence-electron chi connectivity index (χ2n) is 4.78. The molecule has 2 aliphatic rings. The van der Waals surface area contributed by atoms with E-state index in [0.29, 0.717) is 18.2 Å². The molecule has 15 heavy (non-hydrogen) atoms. The quantitative estimate of drug-likeness (QED) is 0.733. The Kier molecular flexibility index (Phi) is 3.48. The van der Waals surface area contributed by atoms with Gasteiger partial charge in [-0.25, -0.2) is 0 Å². The third-order valence-corrected chi connectivity index (χ3v) is 5.55. The largest absolute Gasteiger partial charge is 0.374 e. The molecule has 0 spiro atoms. The highest BCUT2D eigenvalue weighted by atomic mass is 32.2. The first kappa shape index (κ1) is 11.6. The van der Waals surface area contributed by atoms with Gasteiger partial charge in [0.05, 0.1) is 17.5 Å². The van der Waals surface area contributed by atoms with Crippen molar-refractivity contribution in [3.05, 3.63) is 0 Å². The molecular weight excluding hydrogens is 210 g/mol. The van der Waals surface area contributed by atoms with E-state index in [2.05, 4.69) is 26.1 Å². The van der Waals surface area contributed by atoms with E-state index in [9.17, 15) is 4.21 Å². The first-order valence-electron chi connectivity index (χ1n) is 5.90. The molecule has 0 bridgehead atoms. The number of rotatable bonds is 1. The molecule has 2 saturated heterocycles. The SMILES string of the molecule is CCC1CS(=O)C2C(CC(C)OC2C)N1. The zero-order valence-electron chi connectivity index (χ0n) is 9.73. The first-order valence-corrected chi connectivity index (χ1v) is 7.28. The summed E-state index contributed by atoms with van der Waals surface area (Å²) in [6, 6.07) is 0.827. The van der Waals surface area contributed by atoms with Gasteiger partial charge in [0.1, 0.15) is 0 Å². The van der Waals surface area contributed by atoms with Crippen LogP contribution >= 0.6 is 0 Å². The highest BCUT2D eigenvalue weighted by Gasteiger charge is 2.42. The first-order chi connectivity index (χ1) is 7.11. The molecule has 6 atom stereocenters. The lowest BCUT2D eigenvalue weighted by atomic mass is 9.97. The molecule has 6 unspecified atom stereocenters. The van der Waals surface area contributed by atoms with E-state index in [-0.39, 0.29) is 11.4 Å². The van der Waals surface area contributed by atoms with Crippen LogP contribution in [0.4, 0.5) is 0 Å². The molecule has 2 heterocycles. The monoisotopic (exact) mass is 231 g/mol. The van der Waals surface area contributed by atoms with Crippen molar-refractivity contribution in [1.82, 2.24) is 5.32 Å². The van der Waals surface area contributed by atoms with Gasteiger partial charge in [0.15, 0.2) is 0 Å². The summed E-state index contributed by atoms with van der Waals surface area (Å²) in [5.41, 5.74) is 0. The van der Waals surface area contributed by atoms with Crippen molar-refractivity contribution in [2.45, 2.75) is 63.2 Å². The van der Waals surface area contributed by atoms with Crippen molar-refractivity contribution in [3.63, 3.8) is 0 Å². The maximum Gasteiger partial charge on any atom is 0.0761 e. The Labute approximate surface area is 94.4 Å².